The number of hydrogen-bond donors (Lipinski definition) is 0. The van der Waals surface area contributed by atoms with Crippen molar-refractivity contribution in [1.82, 2.24) is 4.48 Å². The first-order chi connectivity index (χ1) is 7.66. The molecule has 3 heterocycles. The quantitative estimate of drug-likeness (QED) is 0.682. The minimum atomic E-state index is -3.72. The number of rotatable bonds is 1. The van der Waals surface area contributed by atoms with E-state index in [-0.39, 0.29) is 0 Å². The van der Waals surface area contributed by atoms with Crippen molar-refractivity contribution in [3.05, 3.63) is 41.9 Å². The zero-order valence-electron chi connectivity index (χ0n) is 8.60. The molecule has 0 saturated heterocycles. The molecule has 0 bridgehead atoms. The Balaban J connectivity index is 2.35. The summed E-state index contributed by atoms with van der Waals surface area (Å²) in [6.45, 7) is -3.72. The standard InChI is InChI=1S/C10H9BF2N2S/c1-16-10-8-4-2-6-14(8)11(12,13)15-7-3-5-9(10)15/h2-7H,1H3. The van der Waals surface area contributed by atoms with E-state index in [2.05, 4.69) is 0 Å². The van der Waals surface area contributed by atoms with Crippen LogP contribution in [-0.4, -0.2) is 28.4 Å². The molecule has 0 unspecified atom stereocenters. The van der Waals surface area contributed by atoms with Crippen molar-refractivity contribution < 1.29 is 13.1 Å². The van der Waals surface area contributed by atoms with Crippen molar-refractivity contribution in [3.63, 3.8) is 0 Å². The van der Waals surface area contributed by atoms with E-state index in [0.717, 1.165) is 13.9 Å². The molecule has 6 heteroatoms. The Kier molecular flexibility index (Phi) is 1.92. The highest BCUT2D eigenvalue weighted by atomic mass is 32.2. The lowest BCUT2D eigenvalue weighted by Crippen LogP contribution is -2.48. The largest absolute Gasteiger partial charge is 0.737 e. The molecule has 3 rings (SSSR count). The van der Waals surface area contributed by atoms with Gasteiger partial charge >= 0.3 is 6.97 Å². The Morgan fingerprint density at radius 1 is 1.44 bits per heavy atom. The molecule has 1 aromatic rings. The second-order valence-electron chi connectivity index (χ2n) is 3.72. The number of allylic oxidation sites excluding steroid dienone is 2. The van der Waals surface area contributed by atoms with Crippen LogP contribution in [0.2, 0.25) is 0 Å². The maximum atomic E-state index is 14.1. The van der Waals surface area contributed by atoms with E-state index in [9.17, 15) is 8.63 Å². The summed E-state index contributed by atoms with van der Waals surface area (Å²) in [5.41, 5.74) is 1.20. The predicted octanol–water partition coefficient (Wildman–Crippen LogP) is 2.41. The third-order valence-corrected chi connectivity index (χ3v) is 3.72. The summed E-state index contributed by atoms with van der Waals surface area (Å²) in [5.74, 6) is 0. The van der Waals surface area contributed by atoms with Crippen LogP contribution in [0.3, 0.4) is 0 Å². The van der Waals surface area contributed by atoms with Crippen molar-refractivity contribution in [2.75, 3.05) is 6.26 Å². The van der Waals surface area contributed by atoms with Crippen LogP contribution in [0.5, 0.6) is 0 Å². The topological polar surface area (TPSA) is 7.94 Å². The van der Waals surface area contributed by atoms with Crippen molar-refractivity contribution in [2.24, 2.45) is 0 Å². The molecular weight excluding hydrogens is 229 g/mol. The molecular formula is C10H9BF2N2S. The summed E-state index contributed by atoms with van der Waals surface area (Å²) in [6.07, 6.45) is 8.18. The zero-order chi connectivity index (χ0) is 11.3. The zero-order valence-corrected chi connectivity index (χ0v) is 9.42. The average molecular weight is 238 g/mol. The van der Waals surface area contributed by atoms with Gasteiger partial charge in [0.2, 0.25) is 0 Å². The molecule has 1 aromatic heterocycles. The lowest BCUT2D eigenvalue weighted by atomic mass is 9.92. The van der Waals surface area contributed by atoms with E-state index in [0.29, 0.717) is 11.4 Å². The Labute approximate surface area is 96.0 Å². The van der Waals surface area contributed by atoms with E-state index in [1.165, 1.54) is 24.2 Å². The highest BCUT2D eigenvalue weighted by Crippen LogP contribution is 2.39. The van der Waals surface area contributed by atoms with Crippen LogP contribution in [0.25, 0.3) is 4.91 Å². The first-order valence-electron chi connectivity index (χ1n) is 4.94. The lowest BCUT2D eigenvalue weighted by molar-refractivity contribution is -0.356. The van der Waals surface area contributed by atoms with E-state index in [4.69, 9.17) is 0 Å². The van der Waals surface area contributed by atoms with Crippen LogP contribution in [0.1, 0.15) is 5.69 Å². The summed E-state index contributed by atoms with van der Waals surface area (Å²) in [5, 5.41) is 0. The van der Waals surface area contributed by atoms with Crippen LogP contribution in [0, 0.1) is 0 Å². The summed E-state index contributed by atoms with van der Waals surface area (Å²) < 4.78 is 30.4. The molecule has 0 radical (unpaired) electrons. The summed E-state index contributed by atoms with van der Waals surface area (Å²) in [4.78, 5) is 0.891. The Bertz CT molecular complexity index is 557. The predicted molar refractivity (Wildman–Crippen MR) is 63.7 cm³/mol. The molecule has 0 fully saturated rings. The molecule has 2 aliphatic heterocycles. The molecule has 2 aliphatic rings. The third kappa shape index (κ3) is 1.05. The van der Waals surface area contributed by atoms with Gasteiger partial charge in [-0.05, 0) is 24.6 Å². The second kappa shape index (κ2) is 3.10. The Morgan fingerprint density at radius 3 is 3.00 bits per heavy atom. The van der Waals surface area contributed by atoms with Crippen LogP contribution < -0.4 is 0 Å². The van der Waals surface area contributed by atoms with E-state index < -0.39 is 6.97 Å². The van der Waals surface area contributed by atoms with Gasteiger partial charge in [0.25, 0.3) is 0 Å². The molecule has 16 heavy (non-hydrogen) atoms. The van der Waals surface area contributed by atoms with E-state index >= 15 is 0 Å². The molecule has 0 atom stereocenters. The first-order valence-corrected chi connectivity index (χ1v) is 6.16. The number of fused-ring (bicyclic) bond motifs is 2. The van der Waals surface area contributed by atoms with Gasteiger partial charge in [0.15, 0.2) is 5.70 Å². The molecule has 0 spiro atoms. The summed E-state index contributed by atoms with van der Waals surface area (Å²) >= 11 is 1.49. The molecule has 0 N–H and O–H groups in total. The average Bonchev–Trinajstić information content (AvgIpc) is 2.85. The van der Waals surface area contributed by atoms with Crippen molar-refractivity contribution >= 4 is 29.9 Å². The van der Waals surface area contributed by atoms with Gasteiger partial charge in [-0.1, -0.05) is 0 Å². The third-order valence-electron chi connectivity index (χ3n) is 2.90. The van der Waals surface area contributed by atoms with Crippen molar-refractivity contribution in [3.8, 4) is 0 Å². The molecule has 0 aliphatic carbocycles. The van der Waals surface area contributed by atoms with Gasteiger partial charge in [0.1, 0.15) is 6.21 Å². The van der Waals surface area contributed by atoms with Gasteiger partial charge < -0.3 is 17.6 Å². The van der Waals surface area contributed by atoms with Crippen LogP contribution in [0.15, 0.2) is 36.2 Å². The number of halogens is 2. The molecule has 0 aromatic carbocycles. The number of hydrogen-bond acceptors (Lipinski definition) is 1. The Hall–Kier alpha value is -1.30. The van der Waals surface area contributed by atoms with Crippen molar-refractivity contribution in [2.45, 2.75) is 0 Å². The Morgan fingerprint density at radius 2 is 2.25 bits per heavy atom. The highest BCUT2D eigenvalue weighted by molar-refractivity contribution is 8.07. The SMILES string of the molecule is CSC1=C2C=CC=[N+]2[B-](F)(F)n2cccc21. The van der Waals surface area contributed by atoms with Crippen LogP contribution in [0.4, 0.5) is 8.63 Å². The monoisotopic (exact) mass is 238 g/mol. The number of aromatic nitrogens is 1. The highest BCUT2D eigenvalue weighted by Gasteiger charge is 2.51. The molecule has 82 valence electrons. The molecule has 2 nitrogen and oxygen atoms in total. The first kappa shape index (κ1) is 9.90. The van der Waals surface area contributed by atoms with Crippen LogP contribution >= 0.6 is 11.8 Å². The lowest BCUT2D eigenvalue weighted by Gasteiger charge is -2.29. The molecule has 0 amide bonds. The second-order valence-corrected chi connectivity index (χ2v) is 4.54. The fourth-order valence-electron chi connectivity index (χ4n) is 2.19. The van der Waals surface area contributed by atoms with Gasteiger partial charge in [-0.3, -0.25) is 0 Å². The van der Waals surface area contributed by atoms with E-state index in [1.807, 2.05) is 6.26 Å². The fraction of sp³-hybridized carbons (Fsp3) is 0.100. The van der Waals surface area contributed by atoms with E-state index in [1.54, 1.807) is 24.3 Å². The maximum Gasteiger partial charge on any atom is 0.737 e. The maximum absolute atomic E-state index is 14.1. The van der Waals surface area contributed by atoms with Gasteiger partial charge in [-0.25, -0.2) is 0 Å². The fourth-order valence-corrected chi connectivity index (χ4v) is 2.95. The molecule has 0 saturated carbocycles. The van der Waals surface area contributed by atoms with Crippen molar-refractivity contribution in [1.29, 1.82) is 0 Å². The number of nitrogens with zero attached hydrogens (tertiary/aromatic N) is 2. The van der Waals surface area contributed by atoms with Gasteiger partial charge in [0, 0.05) is 17.8 Å². The minimum Gasteiger partial charge on any atom is -0.396 e. The van der Waals surface area contributed by atoms with Gasteiger partial charge in [0.05, 0.1) is 4.91 Å². The smallest absolute Gasteiger partial charge is 0.396 e. The van der Waals surface area contributed by atoms with Crippen LogP contribution in [-0.2, 0) is 0 Å². The summed E-state index contributed by atoms with van der Waals surface area (Å²) in [7, 11) is 0. The minimum absolute atomic E-state index is 0.601. The number of thioether (sulfide) groups is 1. The van der Waals surface area contributed by atoms with Gasteiger partial charge in [-0.2, -0.15) is 0 Å². The summed E-state index contributed by atoms with van der Waals surface area (Å²) in [6, 6.07) is 3.39. The van der Waals surface area contributed by atoms with Gasteiger partial charge in [-0.15, -0.1) is 11.8 Å². The normalized spacial score (nSPS) is 20.8.